The summed E-state index contributed by atoms with van der Waals surface area (Å²) in [6.07, 6.45) is 7.28. The lowest BCUT2D eigenvalue weighted by atomic mass is 10.1. The van der Waals surface area contributed by atoms with E-state index in [1.165, 1.54) is 25.7 Å². The second kappa shape index (κ2) is 5.38. The Labute approximate surface area is 105 Å². The summed E-state index contributed by atoms with van der Waals surface area (Å²) in [5, 5.41) is 3.53. The molecular formula is C14H26N2O. The summed E-state index contributed by atoms with van der Waals surface area (Å²) in [6.45, 7) is 6.57. The van der Waals surface area contributed by atoms with Gasteiger partial charge in [-0.15, -0.1) is 0 Å². The van der Waals surface area contributed by atoms with E-state index >= 15 is 0 Å². The Morgan fingerprint density at radius 3 is 2.53 bits per heavy atom. The zero-order valence-corrected chi connectivity index (χ0v) is 11.4. The Kier molecular flexibility index (Phi) is 4.08. The van der Waals surface area contributed by atoms with E-state index in [1.807, 2.05) is 0 Å². The molecule has 0 aromatic rings. The average Bonchev–Trinajstić information content (AvgIpc) is 2.85. The van der Waals surface area contributed by atoms with E-state index in [0.717, 1.165) is 12.8 Å². The van der Waals surface area contributed by atoms with E-state index in [9.17, 15) is 4.79 Å². The maximum atomic E-state index is 12.4. The molecule has 1 saturated heterocycles. The van der Waals surface area contributed by atoms with Crippen molar-refractivity contribution in [2.24, 2.45) is 5.92 Å². The highest BCUT2D eigenvalue weighted by atomic mass is 16.2. The number of hydrogen-bond donors (Lipinski definition) is 1. The number of nitrogens with one attached hydrogen (secondary N) is 1. The lowest BCUT2D eigenvalue weighted by Gasteiger charge is -2.31. The van der Waals surface area contributed by atoms with Crippen molar-refractivity contribution in [3.8, 4) is 0 Å². The van der Waals surface area contributed by atoms with E-state index < -0.39 is 0 Å². The maximum absolute atomic E-state index is 12.4. The van der Waals surface area contributed by atoms with Crippen LogP contribution in [-0.4, -0.2) is 29.1 Å². The summed E-state index contributed by atoms with van der Waals surface area (Å²) in [5.41, 5.74) is 0. The van der Waals surface area contributed by atoms with Gasteiger partial charge in [-0.05, 0) is 31.6 Å². The van der Waals surface area contributed by atoms with Crippen molar-refractivity contribution in [2.75, 3.05) is 0 Å². The minimum Gasteiger partial charge on any atom is -0.323 e. The van der Waals surface area contributed by atoms with Gasteiger partial charge >= 0.3 is 0 Å². The van der Waals surface area contributed by atoms with Crippen LogP contribution in [0, 0.1) is 5.92 Å². The van der Waals surface area contributed by atoms with Crippen molar-refractivity contribution in [2.45, 2.75) is 77.5 Å². The molecule has 2 atom stereocenters. The number of carbonyl (C=O) groups is 1. The minimum absolute atomic E-state index is 0.0688. The molecule has 2 aliphatic rings. The van der Waals surface area contributed by atoms with E-state index in [2.05, 4.69) is 31.0 Å². The van der Waals surface area contributed by atoms with Crippen molar-refractivity contribution >= 4 is 5.91 Å². The molecule has 3 nitrogen and oxygen atoms in total. The van der Waals surface area contributed by atoms with E-state index in [0.29, 0.717) is 17.9 Å². The van der Waals surface area contributed by atoms with E-state index in [-0.39, 0.29) is 12.2 Å². The van der Waals surface area contributed by atoms with E-state index in [1.54, 1.807) is 0 Å². The number of carbonyl (C=O) groups excluding carboxylic acids is 1. The first-order valence-electron chi connectivity index (χ1n) is 7.21. The van der Waals surface area contributed by atoms with Gasteiger partial charge in [0.05, 0.1) is 12.2 Å². The van der Waals surface area contributed by atoms with Gasteiger partial charge in [-0.3, -0.25) is 10.1 Å². The Morgan fingerprint density at radius 1 is 1.35 bits per heavy atom. The predicted octanol–water partition coefficient (Wildman–Crippen LogP) is 2.51. The van der Waals surface area contributed by atoms with Crippen molar-refractivity contribution in [3.63, 3.8) is 0 Å². The van der Waals surface area contributed by atoms with Crippen LogP contribution in [0.25, 0.3) is 0 Å². The summed E-state index contributed by atoms with van der Waals surface area (Å²) in [6, 6.07) is 0.578. The number of rotatable bonds is 4. The van der Waals surface area contributed by atoms with Crippen molar-refractivity contribution in [3.05, 3.63) is 0 Å². The van der Waals surface area contributed by atoms with Gasteiger partial charge in [0.15, 0.2) is 0 Å². The van der Waals surface area contributed by atoms with Crippen LogP contribution in [0.4, 0.5) is 0 Å². The third-order valence-corrected chi connectivity index (χ3v) is 4.10. The number of amides is 1. The summed E-state index contributed by atoms with van der Waals surface area (Å²) in [5.74, 6) is 0.991. The molecular weight excluding hydrogens is 212 g/mol. The summed E-state index contributed by atoms with van der Waals surface area (Å²) < 4.78 is 0. The van der Waals surface area contributed by atoms with Gasteiger partial charge in [0.1, 0.15) is 0 Å². The van der Waals surface area contributed by atoms with Gasteiger partial charge < -0.3 is 4.90 Å². The molecule has 98 valence electrons. The smallest absolute Gasteiger partial charge is 0.241 e. The molecule has 2 unspecified atom stereocenters. The third-order valence-electron chi connectivity index (χ3n) is 4.10. The average molecular weight is 238 g/mol. The van der Waals surface area contributed by atoms with Gasteiger partial charge in [-0.25, -0.2) is 0 Å². The number of nitrogens with zero attached hydrogens (tertiary/aromatic N) is 1. The fourth-order valence-electron chi connectivity index (χ4n) is 3.25. The summed E-state index contributed by atoms with van der Waals surface area (Å²) in [4.78, 5) is 14.6. The highest BCUT2D eigenvalue weighted by Gasteiger charge is 2.42. The number of hydrogen-bond acceptors (Lipinski definition) is 2. The highest BCUT2D eigenvalue weighted by molar-refractivity contribution is 5.84. The lowest BCUT2D eigenvalue weighted by molar-refractivity contribution is -0.132. The van der Waals surface area contributed by atoms with Crippen LogP contribution in [0.1, 0.15) is 59.3 Å². The molecule has 1 saturated carbocycles. The normalized spacial score (nSPS) is 30.8. The van der Waals surface area contributed by atoms with Crippen LogP contribution in [0.2, 0.25) is 0 Å². The van der Waals surface area contributed by atoms with E-state index in [4.69, 9.17) is 0 Å². The monoisotopic (exact) mass is 238 g/mol. The molecule has 0 bridgehead atoms. The molecule has 1 N–H and O–H groups in total. The van der Waals surface area contributed by atoms with Crippen LogP contribution in [0.5, 0.6) is 0 Å². The van der Waals surface area contributed by atoms with Crippen molar-refractivity contribution in [1.29, 1.82) is 0 Å². The second-order valence-corrected chi connectivity index (χ2v) is 5.96. The summed E-state index contributed by atoms with van der Waals surface area (Å²) >= 11 is 0. The third kappa shape index (κ3) is 2.65. The Balaban J connectivity index is 2.09. The van der Waals surface area contributed by atoms with Crippen molar-refractivity contribution in [1.82, 2.24) is 10.2 Å². The summed E-state index contributed by atoms with van der Waals surface area (Å²) in [7, 11) is 0. The molecule has 1 aliphatic heterocycles. The molecule has 3 heteroatoms. The zero-order valence-electron chi connectivity index (χ0n) is 11.4. The molecule has 2 fully saturated rings. The van der Waals surface area contributed by atoms with Gasteiger partial charge in [-0.1, -0.05) is 33.6 Å². The lowest BCUT2D eigenvalue weighted by Crippen LogP contribution is -2.44. The Bertz CT molecular complexity index is 271. The van der Waals surface area contributed by atoms with Crippen LogP contribution in [0.15, 0.2) is 0 Å². The fourth-order valence-corrected chi connectivity index (χ4v) is 3.25. The first kappa shape index (κ1) is 12.9. The van der Waals surface area contributed by atoms with Gasteiger partial charge in [0, 0.05) is 6.04 Å². The maximum Gasteiger partial charge on any atom is 0.241 e. The van der Waals surface area contributed by atoms with Crippen molar-refractivity contribution < 1.29 is 4.79 Å². The van der Waals surface area contributed by atoms with Gasteiger partial charge in [-0.2, -0.15) is 0 Å². The molecule has 0 radical (unpaired) electrons. The van der Waals surface area contributed by atoms with Crippen LogP contribution in [0.3, 0.4) is 0 Å². The molecule has 1 aliphatic carbocycles. The second-order valence-electron chi connectivity index (χ2n) is 5.96. The SMILES string of the molecule is CCC1NC(CC(C)C)N(C2CCCC2)C1=O. The van der Waals surface area contributed by atoms with Gasteiger partial charge in [0.25, 0.3) is 0 Å². The molecule has 17 heavy (non-hydrogen) atoms. The first-order chi connectivity index (χ1) is 8.13. The molecule has 0 aromatic carbocycles. The largest absolute Gasteiger partial charge is 0.323 e. The zero-order chi connectivity index (χ0) is 12.4. The fraction of sp³-hybridized carbons (Fsp3) is 0.929. The molecule has 0 aromatic heterocycles. The molecule has 2 rings (SSSR count). The molecule has 0 spiro atoms. The van der Waals surface area contributed by atoms with Crippen LogP contribution in [-0.2, 0) is 4.79 Å². The van der Waals surface area contributed by atoms with Gasteiger partial charge in [0.2, 0.25) is 5.91 Å². The Morgan fingerprint density at radius 2 is 2.00 bits per heavy atom. The topological polar surface area (TPSA) is 32.3 Å². The Hall–Kier alpha value is -0.570. The van der Waals surface area contributed by atoms with Crippen LogP contribution >= 0.6 is 0 Å². The quantitative estimate of drug-likeness (QED) is 0.816. The predicted molar refractivity (Wildman–Crippen MR) is 69.6 cm³/mol. The molecule has 1 heterocycles. The first-order valence-corrected chi connectivity index (χ1v) is 7.21. The standard InChI is InChI=1S/C14H26N2O/c1-4-12-14(17)16(11-7-5-6-8-11)13(15-12)9-10(2)3/h10-13,15H,4-9H2,1-3H3. The highest BCUT2D eigenvalue weighted by Crippen LogP contribution is 2.30. The molecule has 1 amide bonds. The van der Waals surface area contributed by atoms with Crippen LogP contribution < -0.4 is 5.32 Å². The minimum atomic E-state index is 0.0688.